The van der Waals surface area contributed by atoms with Gasteiger partial charge in [0.1, 0.15) is 12.2 Å². The molecule has 1 aliphatic heterocycles. The van der Waals surface area contributed by atoms with E-state index in [0.717, 1.165) is 54.6 Å². The molecule has 3 unspecified atom stereocenters. The van der Waals surface area contributed by atoms with Crippen LogP contribution in [0.1, 0.15) is 74.0 Å². The van der Waals surface area contributed by atoms with E-state index in [2.05, 4.69) is 34.6 Å². The van der Waals surface area contributed by atoms with E-state index < -0.39 is 17.4 Å². The van der Waals surface area contributed by atoms with Crippen molar-refractivity contribution < 1.29 is 13.2 Å². The number of alkyl halides is 3. The Morgan fingerprint density at radius 2 is 1.88 bits per heavy atom. The number of hydrogen-bond donors (Lipinski definition) is 1. The first-order valence-corrected chi connectivity index (χ1v) is 14.8. The highest BCUT2D eigenvalue weighted by Gasteiger charge is 2.36. The van der Waals surface area contributed by atoms with Gasteiger partial charge in [-0.2, -0.15) is 25.8 Å². The lowest BCUT2D eigenvalue weighted by Crippen LogP contribution is -2.41. The van der Waals surface area contributed by atoms with E-state index in [4.69, 9.17) is 0 Å². The molecule has 4 aromatic rings. The maximum Gasteiger partial charge on any atom is 0.418 e. The Bertz CT molecular complexity index is 1620. The summed E-state index contributed by atoms with van der Waals surface area (Å²) in [6.07, 6.45) is 4.10. The molecular formula is C30H35F3N6OS. The minimum Gasteiger partial charge on any atom is -0.320 e. The lowest BCUT2D eigenvalue weighted by atomic mass is 9.72. The van der Waals surface area contributed by atoms with Crippen LogP contribution in [0.5, 0.6) is 0 Å². The first-order valence-electron chi connectivity index (χ1n) is 14.2. The number of piperidine rings is 1. The smallest absolute Gasteiger partial charge is 0.320 e. The number of likely N-dealkylation sites (tertiary alicyclic amines) is 1. The minimum atomic E-state index is -4.62. The standard InChI is InChI=1S/C30H35F3N6OS/c1-18-14-37(11-10-26(18)41)19(2)22-13-24(30(31,32)33)25-16-38(29(40)39(25)15-22)23-9-5-8-21(12-23)27(20-6-4-7-20)28-35-34-17-36(28)3/h5,8-9,12-13,15-20,26-27,41H,4,6-7,10-11,14H2,1-3H3/t18-,19?,26?,27?/m1/s1. The number of nitrogens with zero attached hydrogens (tertiary/aromatic N) is 6. The molecule has 1 saturated carbocycles. The van der Waals surface area contributed by atoms with Gasteiger partial charge in [-0.15, -0.1) is 10.2 Å². The number of pyridine rings is 1. The molecule has 218 valence electrons. The molecule has 41 heavy (non-hydrogen) atoms. The van der Waals surface area contributed by atoms with Crippen LogP contribution in [0, 0.1) is 11.8 Å². The number of thiol groups is 1. The molecule has 0 spiro atoms. The maximum absolute atomic E-state index is 14.4. The molecule has 4 atom stereocenters. The third-order valence-corrected chi connectivity index (χ3v) is 9.94. The zero-order valence-electron chi connectivity index (χ0n) is 23.4. The molecular weight excluding hydrogens is 549 g/mol. The second kappa shape index (κ2) is 10.7. The van der Waals surface area contributed by atoms with Crippen molar-refractivity contribution in [2.45, 2.75) is 62.9 Å². The highest BCUT2D eigenvalue weighted by atomic mass is 32.1. The van der Waals surface area contributed by atoms with Gasteiger partial charge in [-0.05, 0) is 73.9 Å². The van der Waals surface area contributed by atoms with Crippen LogP contribution >= 0.6 is 12.6 Å². The summed E-state index contributed by atoms with van der Waals surface area (Å²) in [6.45, 7) is 5.51. The molecule has 2 fully saturated rings. The summed E-state index contributed by atoms with van der Waals surface area (Å²) < 4.78 is 47.6. The average Bonchev–Trinajstić information content (AvgIpc) is 3.48. The predicted octanol–water partition coefficient (Wildman–Crippen LogP) is 5.87. The van der Waals surface area contributed by atoms with E-state index in [0.29, 0.717) is 23.1 Å². The highest BCUT2D eigenvalue weighted by molar-refractivity contribution is 7.81. The van der Waals surface area contributed by atoms with Crippen LogP contribution in [0.15, 0.2) is 53.8 Å². The Morgan fingerprint density at radius 1 is 1.10 bits per heavy atom. The number of imidazole rings is 1. The Labute approximate surface area is 242 Å². The minimum absolute atomic E-state index is 0.00842. The van der Waals surface area contributed by atoms with E-state index in [-0.39, 0.29) is 22.7 Å². The van der Waals surface area contributed by atoms with Gasteiger partial charge in [0, 0.05) is 43.2 Å². The van der Waals surface area contributed by atoms with Crippen LogP contribution in [0.4, 0.5) is 13.2 Å². The Morgan fingerprint density at radius 3 is 2.51 bits per heavy atom. The fourth-order valence-electron chi connectivity index (χ4n) is 6.43. The van der Waals surface area contributed by atoms with E-state index in [1.54, 1.807) is 18.6 Å². The average molecular weight is 585 g/mol. The van der Waals surface area contributed by atoms with Crippen molar-refractivity contribution in [3.63, 3.8) is 0 Å². The Balaban J connectivity index is 1.43. The lowest BCUT2D eigenvalue weighted by molar-refractivity contribution is -0.136. The first-order chi connectivity index (χ1) is 19.5. The summed E-state index contributed by atoms with van der Waals surface area (Å²) in [6, 6.07) is 8.44. The summed E-state index contributed by atoms with van der Waals surface area (Å²) in [4.78, 5) is 15.9. The summed E-state index contributed by atoms with van der Waals surface area (Å²) in [7, 11) is 1.91. The number of aromatic nitrogens is 5. The molecule has 0 bridgehead atoms. The van der Waals surface area contributed by atoms with Gasteiger partial charge in [0.2, 0.25) is 0 Å². The Kier molecular flexibility index (Phi) is 7.30. The second-order valence-electron chi connectivity index (χ2n) is 11.8. The van der Waals surface area contributed by atoms with Crippen molar-refractivity contribution in [3.05, 3.63) is 82.1 Å². The molecule has 0 N–H and O–H groups in total. The van der Waals surface area contributed by atoms with E-state index in [1.165, 1.54) is 16.8 Å². The molecule has 1 aromatic carbocycles. The zero-order valence-corrected chi connectivity index (χ0v) is 24.3. The van der Waals surface area contributed by atoms with Crippen LogP contribution < -0.4 is 5.69 Å². The van der Waals surface area contributed by atoms with Gasteiger partial charge < -0.3 is 4.57 Å². The van der Waals surface area contributed by atoms with Crippen molar-refractivity contribution >= 4 is 18.1 Å². The third kappa shape index (κ3) is 5.11. The number of aryl methyl sites for hydroxylation is 1. The van der Waals surface area contributed by atoms with E-state index in [9.17, 15) is 18.0 Å². The fourth-order valence-corrected chi connectivity index (χ4v) is 6.64. The largest absolute Gasteiger partial charge is 0.418 e. The molecule has 11 heteroatoms. The first kappa shape index (κ1) is 28.1. The summed E-state index contributed by atoms with van der Waals surface area (Å²) >= 11 is 4.64. The van der Waals surface area contributed by atoms with Crippen LogP contribution in [-0.4, -0.2) is 47.0 Å². The number of benzene rings is 1. The molecule has 7 nitrogen and oxygen atoms in total. The van der Waals surface area contributed by atoms with Crippen LogP contribution in [0.25, 0.3) is 11.2 Å². The summed E-state index contributed by atoms with van der Waals surface area (Å²) in [5, 5.41) is 8.71. The number of halogens is 3. The van der Waals surface area contributed by atoms with Gasteiger partial charge in [0.25, 0.3) is 0 Å². The van der Waals surface area contributed by atoms with Crippen molar-refractivity contribution in [3.8, 4) is 5.69 Å². The van der Waals surface area contributed by atoms with Crippen molar-refractivity contribution in [2.75, 3.05) is 13.1 Å². The van der Waals surface area contributed by atoms with Gasteiger partial charge in [-0.25, -0.2) is 4.79 Å². The predicted molar refractivity (Wildman–Crippen MR) is 155 cm³/mol. The molecule has 2 aliphatic rings. The molecule has 3 aromatic heterocycles. The third-order valence-electron chi connectivity index (χ3n) is 9.17. The molecule has 1 saturated heterocycles. The molecule has 6 rings (SSSR count). The zero-order chi connectivity index (χ0) is 29.1. The number of rotatable bonds is 6. The van der Waals surface area contributed by atoms with Gasteiger partial charge in [-0.1, -0.05) is 25.5 Å². The fraction of sp³-hybridized carbons (Fsp3) is 0.500. The van der Waals surface area contributed by atoms with Gasteiger partial charge in [0.05, 0.1) is 16.8 Å². The van der Waals surface area contributed by atoms with Crippen LogP contribution in [0.3, 0.4) is 0 Å². The lowest BCUT2D eigenvalue weighted by Gasteiger charge is -2.38. The van der Waals surface area contributed by atoms with Gasteiger partial charge in [-0.3, -0.25) is 13.9 Å². The Hall–Kier alpha value is -3.05. The quantitative estimate of drug-likeness (QED) is 0.288. The monoisotopic (exact) mass is 584 g/mol. The van der Waals surface area contributed by atoms with Crippen LogP contribution in [0.2, 0.25) is 0 Å². The van der Waals surface area contributed by atoms with E-state index in [1.807, 2.05) is 36.7 Å². The van der Waals surface area contributed by atoms with Gasteiger partial charge in [0.15, 0.2) is 0 Å². The maximum atomic E-state index is 14.4. The van der Waals surface area contributed by atoms with Gasteiger partial charge >= 0.3 is 11.9 Å². The molecule has 0 radical (unpaired) electrons. The molecule has 1 aliphatic carbocycles. The number of fused-ring (bicyclic) bond motifs is 1. The second-order valence-corrected chi connectivity index (χ2v) is 12.5. The topological polar surface area (TPSA) is 60.4 Å². The highest BCUT2D eigenvalue weighted by Crippen LogP contribution is 2.43. The molecule has 4 heterocycles. The molecule has 0 amide bonds. The van der Waals surface area contributed by atoms with Crippen molar-refractivity contribution in [2.24, 2.45) is 18.9 Å². The summed E-state index contributed by atoms with van der Waals surface area (Å²) in [5.74, 6) is 1.55. The van der Waals surface area contributed by atoms with E-state index >= 15 is 0 Å². The normalized spacial score (nSPS) is 22.1. The summed E-state index contributed by atoms with van der Waals surface area (Å²) in [5.41, 5.74) is 0.466. The number of hydrogen-bond acceptors (Lipinski definition) is 5. The van der Waals surface area contributed by atoms with Crippen LogP contribution in [-0.2, 0) is 13.2 Å². The van der Waals surface area contributed by atoms with Crippen molar-refractivity contribution in [1.82, 2.24) is 28.6 Å². The van der Waals surface area contributed by atoms with Crippen molar-refractivity contribution in [1.29, 1.82) is 0 Å². The SMILES string of the molecule is CC(c1cc(C(F)(F)F)c2cn(-c3cccc(C(c4nncn4C)C4CCC4)c3)c(=O)n2c1)N1CCC(S)[C@H](C)C1.